The minimum absolute atomic E-state index is 0.375. The maximum Gasteiger partial charge on any atom is 0.323 e. The van der Waals surface area contributed by atoms with Gasteiger partial charge in [0, 0.05) is 38.0 Å². The molecular formula is C25H37N5O4. The van der Waals surface area contributed by atoms with E-state index in [1.54, 1.807) is 18.3 Å². The number of pyridine rings is 1. The van der Waals surface area contributed by atoms with Crippen molar-refractivity contribution in [3.8, 4) is 17.2 Å². The predicted molar refractivity (Wildman–Crippen MR) is 136 cm³/mol. The molecule has 0 spiro atoms. The number of anilines is 3. The number of nitrogens with zero attached hydrogens (tertiary/aromatic N) is 3. The second-order valence-corrected chi connectivity index (χ2v) is 8.28. The van der Waals surface area contributed by atoms with Gasteiger partial charge in [0.25, 0.3) is 0 Å². The number of methoxy groups -OCH3 is 3. The van der Waals surface area contributed by atoms with Crippen molar-refractivity contribution in [2.45, 2.75) is 26.7 Å². The molecule has 1 aliphatic rings. The van der Waals surface area contributed by atoms with Crippen LogP contribution in [0.1, 0.15) is 26.7 Å². The van der Waals surface area contributed by atoms with E-state index in [4.69, 9.17) is 14.2 Å². The Kier molecular flexibility index (Phi) is 9.21. The molecule has 1 aromatic carbocycles. The number of carbonyl (C=O) groups excluding carboxylic acids is 1. The van der Waals surface area contributed by atoms with Crippen LogP contribution in [0.25, 0.3) is 0 Å². The van der Waals surface area contributed by atoms with Crippen LogP contribution in [-0.4, -0.2) is 70.0 Å². The summed E-state index contributed by atoms with van der Waals surface area (Å²) >= 11 is 0. The Morgan fingerprint density at radius 1 is 1.06 bits per heavy atom. The van der Waals surface area contributed by atoms with Crippen LogP contribution in [0.4, 0.5) is 22.0 Å². The van der Waals surface area contributed by atoms with Gasteiger partial charge >= 0.3 is 6.03 Å². The topological polar surface area (TPSA) is 88.2 Å². The van der Waals surface area contributed by atoms with E-state index in [9.17, 15) is 4.79 Å². The average molecular weight is 472 g/mol. The average Bonchev–Trinajstić information content (AvgIpc) is 2.87. The summed E-state index contributed by atoms with van der Waals surface area (Å²) in [5, 5.41) is 5.79. The normalized spacial score (nSPS) is 14.1. The molecular weight excluding hydrogens is 434 g/mol. The number of nitrogens with one attached hydrogen (secondary N) is 2. The Hall–Kier alpha value is -3.20. The summed E-state index contributed by atoms with van der Waals surface area (Å²) < 4.78 is 16.1. The highest BCUT2D eigenvalue weighted by atomic mass is 16.5. The summed E-state index contributed by atoms with van der Waals surface area (Å²) in [6.07, 6.45) is 3.99. The maximum atomic E-state index is 12.8. The van der Waals surface area contributed by atoms with Crippen molar-refractivity contribution in [2.24, 2.45) is 5.92 Å². The van der Waals surface area contributed by atoms with Gasteiger partial charge in [0.2, 0.25) is 5.75 Å². The third kappa shape index (κ3) is 6.22. The van der Waals surface area contributed by atoms with Crippen molar-refractivity contribution < 1.29 is 19.0 Å². The van der Waals surface area contributed by atoms with Crippen LogP contribution in [0, 0.1) is 5.92 Å². The number of rotatable bonds is 10. The summed E-state index contributed by atoms with van der Waals surface area (Å²) in [6.45, 7) is 9.60. The van der Waals surface area contributed by atoms with Gasteiger partial charge < -0.3 is 34.6 Å². The first-order valence-electron chi connectivity index (χ1n) is 11.8. The fourth-order valence-corrected chi connectivity index (χ4v) is 4.36. The monoisotopic (exact) mass is 471 g/mol. The summed E-state index contributed by atoms with van der Waals surface area (Å²) in [4.78, 5) is 22.1. The third-order valence-electron chi connectivity index (χ3n) is 6.28. The van der Waals surface area contributed by atoms with E-state index in [2.05, 4.69) is 39.3 Å². The SMILES string of the molecule is CCN(CC)CC1CCN(c2ncccc2NC(=O)Nc2cc(OC)c(OC)c(OC)c2)CC1. The van der Waals surface area contributed by atoms with Crippen molar-refractivity contribution in [2.75, 3.05) is 69.6 Å². The van der Waals surface area contributed by atoms with Crippen LogP contribution >= 0.6 is 0 Å². The first-order chi connectivity index (χ1) is 16.5. The summed E-state index contributed by atoms with van der Waals surface area (Å²) in [7, 11) is 4.61. The molecule has 1 aromatic heterocycles. The Labute approximate surface area is 202 Å². The van der Waals surface area contributed by atoms with E-state index < -0.39 is 0 Å². The third-order valence-corrected chi connectivity index (χ3v) is 6.28. The Morgan fingerprint density at radius 3 is 2.26 bits per heavy atom. The van der Waals surface area contributed by atoms with E-state index in [0.29, 0.717) is 34.5 Å². The molecule has 34 heavy (non-hydrogen) atoms. The molecule has 0 bridgehead atoms. The van der Waals surface area contributed by atoms with Crippen LogP contribution in [0.3, 0.4) is 0 Å². The van der Waals surface area contributed by atoms with Crippen molar-refractivity contribution in [3.05, 3.63) is 30.5 Å². The molecule has 0 aliphatic carbocycles. The van der Waals surface area contributed by atoms with Crippen molar-refractivity contribution >= 4 is 23.2 Å². The lowest BCUT2D eigenvalue weighted by molar-refractivity contribution is 0.229. The lowest BCUT2D eigenvalue weighted by atomic mass is 9.96. The largest absolute Gasteiger partial charge is 0.493 e. The highest BCUT2D eigenvalue weighted by Gasteiger charge is 2.23. The Bertz CT molecular complexity index is 918. The number of benzene rings is 1. The van der Waals surface area contributed by atoms with Crippen LogP contribution in [0.5, 0.6) is 17.2 Å². The number of hydrogen-bond donors (Lipinski definition) is 2. The lowest BCUT2D eigenvalue weighted by Crippen LogP contribution is -2.39. The molecule has 3 rings (SSSR count). The number of ether oxygens (including phenoxy) is 3. The zero-order chi connectivity index (χ0) is 24.5. The first-order valence-corrected chi connectivity index (χ1v) is 11.8. The second kappa shape index (κ2) is 12.3. The molecule has 2 amide bonds. The molecule has 1 fully saturated rings. The summed E-state index contributed by atoms with van der Waals surface area (Å²) in [5.74, 6) is 2.89. The van der Waals surface area contributed by atoms with Crippen LogP contribution in [0.2, 0.25) is 0 Å². The zero-order valence-corrected chi connectivity index (χ0v) is 20.9. The highest BCUT2D eigenvalue weighted by molar-refractivity contribution is 6.01. The number of carbonyl (C=O) groups is 1. The molecule has 1 aliphatic heterocycles. The predicted octanol–water partition coefficient (Wildman–Crippen LogP) is 4.31. The van der Waals surface area contributed by atoms with Gasteiger partial charge in [0.05, 0.1) is 32.7 Å². The van der Waals surface area contributed by atoms with Gasteiger partial charge in [-0.05, 0) is 44.0 Å². The zero-order valence-electron chi connectivity index (χ0n) is 20.9. The molecule has 0 atom stereocenters. The fraction of sp³-hybridized carbons (Fsp3) is 0.520. The van der Waals surface area contributed by atoms with Gasteiger partial charge in [-0.1, -0.05) is 13.8 Å². The van der Waals surface area contributed by atoms with Gasteiger partial charge in [-0.3, -0.25) is 0 Å². The number of piperidine rings is 1. The maximum absolute atomic E-state index is 12.8. The quantitative estimate of drug-likeness (QED) is 0.534. The number of amides is 2. The van der Waals surface area contributed by atoms with Crippen molar-refractivity contribution in [1.82, 2.24) is 9.88 Å². The Morgan fingerprint density at radius 2 is 1.71 bits per heavy atom. The molecule has 9 nitrogen and oxygen atoms in total. The van der Waals surface area contributed by atoms with Gasteiger partial charge in [-0.25, -0.2) is 9.78 Å². The molecule has 2 aromatic rings. The van der Waals surface area contributed by atoms with Crippen LogP contribution < -0.4 is 29.7 Å². The first kappa shape index (κ1) is 25.4. The number of aromatic nitrogens is 1. The van der Waals surface area contributed by atoms with E-state index in [1.807, 2.05) is 12.1 Å². The second-order valence-electron chi connectivity index (χ2n) is 8.28. The van der Waals surface area contributed by atoms with Crippen molar-refractivity contribution in [3.63, 3.8) is 0 Å². The van der Waals surface area contributed by atoms with Crippen LogP contribution in [-0.2, 0) is 0 Å². The van der Waals surface area contributed by atoms with Crippen molar-refractivity contribution in [1.29, 1.82) is 0 Å². The Balaban J connectivity index is 1.66. The molecule has 0 saturated carbocycles. The molecule has 2 heterocycles. The van der Waals surface area contributed by atoms with E-state index >= 15 is 0 Å². The van der Waals surface area contributed by atoms with E-state index in [0.717, 1.165) is 51.4 Å². The molecule has 9 heteroatoms. The van der Waals surface area contributed by atoms with Gasteiger partial charge in [-0.15, -0.1) is 0 Å². The van der Waals surface area contributed by atoms with Gasteiger partial charge in [0.1, 0.15) is 0 Å². The smallest absolute Gasteiger partial charge is 0.323 e. The molecule has 186 valence electrons. The standard InChI is InChI=1S/C25H37N5O4/c1-6-29(7-2)17-18-10-13-30(14-11-18)24-20(9-8-12-26-24)28-25(31)27-19-15-21(32-3)23(34-5)22(16-19)33-4/h8-9,12,15-16,18H,6-7,10-11,13-14,17H2,1-5H3,(H2,27,28,31). The highest BCUT2D eigenvalue weighted by Crippen LogP contribution is 2.40. The summed E-state index contributed by atoms with van der Waals surface area (Å²) in [5.41, 5.74) is 1.20. The minimum atomic E-state index is -0.375. The molecule has 1 saturated heterocycles. The number of hydrogen-bond acceptors (Lipinski definition) is 7. The van der Waals surface area contributed by atoms with E-state index in [-0.39, 0.29) is 6.03 Å². The molecule has 0 unspecified atom stereocenters. The summed E-state index contributed by atoms with van der Waals surface area (Å²) in [6, 6.07) is 6.70. The van der Waals surface area contributed by atoms with Crippen LogP contribution in [0.15, 0.2) is 30.5 Å². The van der Waals surface area contributed by atoms with Gasteiger partial charge in [-0.2, -0.15) is 0 Å². The van der Waals surface area contributed by atoms with Gasteiger partial charge in [0.15, 0.2) is 17.3 Å². The van der Waals surface area contributed by atoms with E-state index in [1.165, 1.54) is 21.3 Å². The number of urea groups is 1. The molecule has 2 N–H and O–H groups in total. The fourth-order valence-electron chi connectivity index (χ4n) is 4.36. The lowest BCUT2D eigenvalue weighted by Gasteiger charge is -2.35. The minimum Gasteiger partial charge on any atom is -0.493 e. The molecule has 0 radical (unpaired) electrons.